The Kier molecular flexibility index (Phi) is 2.82. The summed E-state index contributed by atoms with van der Waals surface area (Å²) >= 11 is 0. The Morgan fingerprint density at radius 1 is 1.38 bits per heavy atom. The fourth-order valence-electron chi connectivity index (χ4n) is 1.34. The first-order chi connectivity index (χ1) is 7.81. The molecule has 16 heavy (non-hydrogen) atoms. The van der Waals surface area contributed by atoms with Crippen molar-refractivity contribution < 1.29 is 9.63 Å². The Morgan fingerprint density at radius 3 is 3.00 bits per heavy atom. The smallest absolute Gasteiger partial charge is 0.337 e. The van der Waals surface area contributed by atoms with E-state index in [-0.39, 0.29) is 0 Å². The molecular formula is C12H10N2O2. The quantitative estimate of drug-likeness (QED) is 0.629. The van der Waals surface area contributed by atoms with Gasteiger partial charge in [0, 0.05) is 17.7 Å². The molecule has 4 heteroatoms. The van der Waals surface area contributed by atoms with Crippen LogP contribution < -0.4 is 5.48 Å². The molecule has 0 spiro atoms. The van der Waals surface area contributed by atoms with Crippen LogP contribution in [0.3, 0.4) is 0 Å². The van der Waals surface area contributed by atoms with Crippen molar-refractivity contribution in [3.63, 3.8) is 0 Å². The van der Waals surface area contributed by atoms with Gasteiger partial charge in [0.15, 0.2) is 5.82 Å². The number of nitrogens with one attached hydrogen (secondary N) is 1. The van der Waals surface area contributed by atoms with Crippen molar-refractivity contribution in [2.24, 2.45) is 0 Å². The van der Waals surface area contributed by atoms with Gasteiger partial charge < -0.3 is 4.84 Å². The van der Waals surface area contributed by atoms with E-state index in [0.717, 1.165) is 16.8 Å². The van der Waals surface area contributed by atoms with Crippen LogP contribution >= 0.6 is 0 Å². The van der Waals surface area contributed by atoms with Crippen molar-refractivity contribution in [2.45, 2.75) is 0 Å². The molecule has 4 nitrogen and oxygen atoms in total. The van der Waals surface area contributed by atoms with E-state index in [0.29, 0.717) is 5.82 Å². The molecule has 1 aromatic carbocycles. The van der Waals surface area contributed by atoms with Crippen molar-refractivity contribution in [1.82, 2.24) is 4.98 Å². The fraction of sp³-hybridized carbons (Fsp3) is 0. The number of nitrogens with zero attached hydrogens (tertiary/aromatic N) is 1. The van der Waals surface area contributed by atoms with Gasteiger partial charge in [-0.2, -0.15) is 5.48 Å². The summed E-state index contributed by atoms with van der Waals surface area (Å²) in [5.74, 6) is -0.0389. The SMILES string of the molecule is C=CC(=O)ONc1nccc2ccccc12. The number of anilines is 1. The number of carbonyl (C=O) groups is 1. The van der Waals surface area contributed by atoms with Gasteiger partial charge in [0.05, 0.1) is 0 Å². The zero-order chi connectivity index (χ0) is 11.4. The van der Waals surface area contributed by atoms with Gasteiger partial charge in [0.1, 0.15) is 0 Å². The Hall–Kier alpha value is -2.36. The molecule has 2 rings (SSSR count). The first-order valence-corrected chi connectivity index (χ1v) is 4.74. The lowest BCUT2D eigenvalue weighted by Gasteiger charge is -2.06. The zero-order valence-corrected chi connectivity index (χ0v) is 8.51. The molecule has 0 saturated carbocycles. The number of fused-ring (bicyclic) bond motifs is 1. The van der Waals surface area contributed by atoms with Crippen LogP contribution in [0.15, 0.2) is 49.2 Å². The summed E-state index contributed by atoms with van der Waals surface area (Å²) in [4.78, 5) is 19.7. The van der Waals surface area contributed by atoms with E-state index in [4.69, 9.17) is 4.84 Å². The minimum Gasteiger partial charge on any atom is -0.337 e. The minimum absolute atomic E-state index is 0.508. The van der Waals surface area contributed by atoms with Crippen molar-refractivity contribution in [1.29, 1.82) is 0 Å². The molecular weight excluding hydrogens is 204 g/mol. The summed E-state index contributed by atoms with van der Waals surface area (Å²) in [5.41, 5.74) is 2.51. The summed E-state index contributed by atoms with van der Waals surface area (Å²) in [5, 5.41) is 1.91. The predicted octanol–water partition coefficient (Wildman–Crippen LogP) is 2.29. The van der Waals surface area contributed by atoms with Crippen LogP contribution in [0.2, 0.25) is 0 Å². The molecule has 0 atom stereocenters. The van der Waals surface area contributed by atoms with Gasteiger partial charge in [0.2, 0.25) is 0 Å². The first kappa shape index (κ1) is 10.2. The molecule has 0 aliphatic rings. The molecule has 0 aliphatic carbocycles. The normalized spacial score (nSPS) is 9.75. The lowest BCUT2D eigenvalue weighted by Crippen LogP contribution is -2.08. The van der Waals surface area contributed by atoms with Crippen molar-refractivity contribution >= 4 is 22.6 Å². The fourth-order valence-corrected chi connectivity index (χ4v) is 1.34. The number of rotatable bonds is 3. The maximum Gasteiger partial charge on any atom is 0.355 e. The molecule has 0 aliphatic heterocycles. The van der Waals surface area contributed by atoms with Gasteiger partial charge in [0.25, 0.3) is 0 Å². The van der Waals surface area contributed by atoms with Crippen LogP contribution in [-0.4, -0.2) is 11.0 Å². The van der Waals surface area contributed by atoms with E-state index in [2.05, 4.69) is 17.0 Å². The second-order valence-corrected chi connectivity index (χ2v) is 3.11. The Balaban J connectivity index is 2.30. The summed E-state index contributed by atoms with van der Waals surface area (Å²) in [6.45, 7) is 3.30. The van der Waals surface area contributed by atoms with Gasteiger partial charge in [-0.25, -0.2) is 9.78 Å². The average molecular weight is 214 g/mol. The van der Waals surface area contributed by atoms with Crippen LogP contribution in [-0.2, 0) is 9.63 Å². The third-order valence-corrected chi connectivity index (χ3v) is 2.09. The van der Waals surface area contributed by atoms with Crippen LogP contribution in [0.25, 0.3) is 10.8 Å². The predicted molar refractivity (Wildman–Crippen MR) is 61.7 cm³/mol. The van der Waals surface area contributed by atoms with Crippen molar-refractivity contribution in [3.05, 3.63) is 49.2 Å². The average Bonchev–Trinajstić information content (AvgIpc) is 2.35. The van der Waals surface area contributed by atoms with Crippen molar-refractivity contribution in [3.8, 4) is 0 Å². The molecule has 1 heterocycles. The Labute approximate surface area is 92.5 Å². The maximum atomic E-state index is 10.9. The Bertz CT molecular complexity index is 532. The topological polar surface area (TPSA) is 51.2 Å². The highest BCUT2D eigenvalue weighted by Gasteiger charge is 2.02. The lowest BCUT2D eigenvalue weighted by atomic mass is 10.2. The lowest BCUT2D eigenvalue weighted by molar-refractivity contribution is -0.134. The molecule has 0 fully saturated rings. The van der Waals surface area contributed by atoms with Crippen LogP contribution in [0.4, 0.5) is 5.82 Å². The zero-order valence-electron chi connectivity index (χ0n) is 8.51. The van der Waals surface area contributed by atoms with Gasteiger partial charge in [-0.1, -0.05) is 30.8 Å². The van der Waals surface area contributed by atoms with E-state index in [1.165, 1.54) is 0 Å². The van der Waals surface area contributed by atoms with Gasteiger partial charge in [-0.15, -0.1) is 0 Å². The first-order valence-electron chi connectivity index (χ1n) is 4.74. The third kappa shape index (κ3) is 2.00. The molecule has 0 saturated heterocycles. The largest absolute Gasteiger partial charge is 0.355 e. The van der Waals surface area contributed by atoms with Crippen LogP contribution in [0, 0.1) is 0 Å². The van der Waals surface area contributed by atoms with Crippen LogP contribution in [0.5, 0.6) is 0 Å². The van der Waals surface area contributed by atoms with E-state index in [1.807, 2.05) is 30.3 Å². The summed E-state index contributed by atoms with van der Waals surface area (Å²) in [7, 11) is 0. The summed E-state index contributed by atoms with van der Waals surface area (Å²) in [6.07, 6.45) is 2.73. The number of pyridine rings is 1. The minimum atomic E-state index is -0.547. The van der Waals surface area contributed by atoms with Gasteiger partial charge in [-0.05, 0) is 11.5 Å². The monoisotopic (exact) mass is 214 g/mol. The highest BCUT2D eigenvalue weighted by Crippen LogP contribution is 2.20. The number of hydrogen-bond donors (Lipinski definition) is 1. The van der Waals surface area contributed by atoms with Gasteiger partial charge >= 0.3 is 5.97 Å². The molecule has 0 amide bonds. The van der Waals surface area contributed by atoms with E-state index in [1.54, 1.807) is 6.20 Å². The highest BCUT2D eigenvalue weighted by atomic mass is 16.7. The number of hydrogen-bond acceptors (Lipinski definition) is 4. The molecule has 80 valence electrons. The van der Waals surface area contributed by atoms with Crippen molar-refractivity contribution in [2.75, 3.05) is 5.48 Å². The molecule has 2 aromatic rings. The summed E-state index contributed by atoms with van der Waals surface area (Å²) in [6, 6.07) is 9.56. The van der Waals surface area contributed by atoms with E-state index >= 15 is 0 Å². The second kappa shape index (κ2) is 4.44. The van der Waals surface area contributed by atoms with E-state index in [9.17, 15) is 4.79 Å². The number of aromatic nitrogens is 1. The second-order valence-electron chi connectivity index (χ2n) is 3.11. The molecule has 0 unspecified atom stereocenters. The maximum absolute atomic E-state index is 10.9. The molecule has 0 radical (unpaired) electrons. The Morgan fingerprint density at radius 2 is 2.19 bits per heavy atom. The molecule has 1 aromatic heterocycles. The molecule has 0 bridgehead atoms. The summed E-state index contributed by atoms with van der Waals surface area (Å²) < 4.78 is 0. The van der Waals surface area contributed by atoms with Gasteiger partial charge in [-0.3, -0.25) is 0 Å². The van der Waals surface area contributed by atoms with Crippen LogP contribution in [0.1, 0.15) is 0 Å². The third-order valence-electron chi connectivity index (χ3n) is 2.09. The van der Waals surface area contributed by atoms with E-state index < -0.39 is 5.97 Å². The molecule has 1 N–H and O–H groups in total. The number of benzene rings is 1. The highest BCUT2D eigenvalue weighted by molar-refractivity contribution is 5.92. The standard InChI is InChI=1S/C12H10N2O2/c1-2-11(15)16-14-12-10-6-4-3-5-9(10)7-8-13-12/h2-8H,1H2,(H,13,14). The number of carbonyl (C=O) groups excluding carboxylic acids is 1.